The fraction of sp³-hybridized carbons (Fsp3) is 0.423. The Bertz CT molecular complexity index is 939. The van der Waals surface area contributed by atoms with Gasteiger partial charge in [0.05, 0.1) is 0 Å². The standard InChI is InChI=1S/C26H31N3O3/c30-23(14-9-18-29-24(31)26(27-25(29)32)16-7-8-17-26)28(20-22-12-5-2-6-13-22)19-15-21-10-3-1-4-11-21/h1-6,10-13H,7-9,14-20H2,(H,27,32). The summed E-state index contributed by atoms with van der Waals surface area (Å²) in [7, 11) is 0. The van der Waals surface area contributed by atoms with Crippen molar-refractivity contribution in [2.75, 3.05) is 13.1 Å². The van der Waals surface area contributed by atoms with Gasteiger partial charge in [-0.1, -0.05) is 73.5 Å². The van der Waals surface area contributed by atoms with Crippen LogP contribution in [0.3, 0.4) is 0 Å². The molecule has 1 heterocycles. The first kappa shape index (κ1) is 22.1. The van der Waals surface area contributed by atoms with Crippen LogP contribution < -0.4 is 5.32 Å². The Hall–Kier alpha value is -3.15. The van der Waals surface area contributed by atoms with Crippen LogP contribution in [0.2, 0.25) is 0 Å². The molecule has 1 aliphatic carbocycles. The van der Waals surface area contributed by atoms with Crippen LogP contribution in [-0.2, 0) is 22.6 Å². The number of carbonyl (C=O) groups is 3. The highest BCUT2D eigenvalue weighted by Crippen LogP contribution is 2.35. The molecular weight excluding hydrogens is 402 g/mol. The number of urea groups is 1. The van der Waals surface area contributed by atoms with Gasteiger partial charge in [-0.2, -0.15) is 0 Å². The minimum atomic E-state index is -0.684. The molecular formula is C26H31N3O3. The van der Waals surface area contributed by atoms with Gasteiger partial charge in [-0.25, -0.2) is 4.79 Å². The molecule has 6 heteroatoms. The molecule has 168 valence electrons. The van der Waals surface area contributed by atoms with Crippen molar-refractivity contribution in [3.05, 3.63) is 71.8 Å². The van der Waals surface area contributed by atoms with E-state index >= 15 is 0 Å². The Labute approximate surface area is 189 Å². The first-order valence-corrected chi connectivity index (χ1v) is 11.6. The highest BCUT2D eigenvalue weighted by atomic mass is 16.2. The van der Waals surface area contributed by atoms with Gasteiger partial charge < -0.3 is 10.2 Å². The van der Waals surface area contributed by atoms with Gasteiger partial charge in [0.25, 0.3) is 5.91 Å². The van der Waals surface area contributed by atoms with Gasteiger partial charge in [0.15, 0.2) is 0 Å². The fourth-order valence-corrected chi connectivity index (χ4v) is 4.75. The van der Waals surface area contributed by atoms with E-state index in [0.29, 0.717) is 25.9 Å². The zero-order chi connectivity index (χ0) is 22.4. The molecule has 6 nitrogen and oxygen atoms in total. The van der Waals surface area contributed by atoms with Gasteiger partial charge >= 0.3 is 6.03 Å². The molecule has 2 aromatic carbocycles. The number of benzene rings is 2. The summed E-state index contributed by atoms with van der Waals surface area (Å²) >= 11 is 0. The van der Waals surface area contributed by atoms with E-state index in [1.807, 2.05) is 53.4 Å². The van der Waals surface area contributed by atoms with Crippen molar-refractivity contribution in [3.8, 4) is 0 Å². The quantitative estimate of drug-likeness (QED) is 0.610. The first-order valence-electron chi connectivity index (χ1n) is 11.6. The maximum atomic E-state index is 13.1. The zero-order valence-electron chi connectivity index (χ0n) is 18.5. The lowest BCUT2D eigenvalue weighted by atomic mass is 9.98. The molecule has 2 fully saturated rings. The smallest absolute Gasteiger partial charge is 0.325 e. The number of hydrogen-bond donors (Lipinski definition) is 1. The SMILES string of the molecule is O=C(CCCN1C(=O)NC2(CCCC2)C1=O)N(CCc1ccccc1)Cc1ccccc1. The van der Waals surface area contributed by atoms with Gasteiger partial charge in [-0.15, -0.1) is 0 Å². The van der Waals surface area contributed by atoms with E-state index in [-0.39, 0.29) is 24.4 Å². The molecule has 0 atom stereocenters. The molecule has 1 saturated carbocycles. The summed E-state index contributed by atoms with van der Waals surface area (Å²) in [4.78, 5) is 41.4. The molecule has 32 heavy (non-hydrogen) atoms. The molecule has 4 amide bonds. The van der Waals surface area contributed by atoms with E-state index < -0.39 is 5.54 Å². The molecule has 0 bridgehead atoms. The normalized spacial score (nSPS) is 17.1. The van der Waals surface area contributed by atoms with Crippen molar-refractivity contribution in [2.24, 2.45) is 0 Å². The predicted octanol–water partition coefficient (Wildman–Crippen LogP) is 3.90. The van der Waals surface area contributed by atoms with Crippen molar-refractivity contribution in [1.29, 1.82) is 0 Å². The second-order valence-corrected chi connectivity index (χ2v) is 8.82. The van der Waals surface area contributed by atoms with E-state index in [9.17, 15) is 14.4 Å². The lowest BCUT2D eigenvalue weighted by Crippen LogP contribution is -2.44. The van der Waals surface area contributed by atoms with E-state index in [1.54, 1.807) is 0 Å². The number of carbonyl (C=O) groups excluding carboxylic acids is 3. The summed E-state index contributed by atoms with van der Waals surface area (Å²) in [5.41, 5.74) is 1.60. The molecule has 1 N–H and O–H groups in total. The van der Waals surface area contributed by atoms with Crippen molar-refractivity contribution >= 4 is 17.8 Å². The molecule has 1 saturated heterocycles. The third-order valence-corrected chi connectivity index (χ3v) is 6.56. The van der Waals surface area contributed by atoms with Gasteiger partial charge in [0.1, 0.15) is 5.54 Å². The minimum Gasteiger partial charge on any atom is -0.338 e. The third-order valence-electron chi connectivity index (χ3n) is 6.56. The maximum Gasteiger partial charge on any atom is 0.325 e. The highest BCUT2D eigenvalue weighted by Gasteiger charge is 2.52. The van der Waals surface area contributed by atoms with Crippen LogP contribution >= 0.6 is 0 Å². The van der Waals surface area contributed by atoms with Crippen molar-refractivity contribution in [2.45, 2.75) is 57.0 Å². The number of rotatable bonds is 9. The topological polar surface area (TPSA) is 69.7 Å². The van der Waals surface area contributed by atoms with E-state index in [2.05, 4.69) is 17.4 Å². The predicted molar refractivity (Wildman–Crippen MR) is 123 cm³/mol. The summed E-state index contributed by atoms with van der Waals surface area (Å²) in [6, 6.07) is 19.8. The second kappa shape index (κ2) is 9.98. The lowest BCUT2D eigenvalue weighted by Gasteiger charge is -2.24. The molecule has 1 aliphatic heterocycles. The fourth-order valence-electron chi connectivity index (χ4n) is 4.75. The van der Waals surface area contributed by atoms with Crippen LogP contribution in [-0.4, -0.2) is 46.3 Å². The molecule has 0 aromatic heterocycles. The lowest BCUT2D eigenvalue weighted by molar-refractivity contribution is -0.133. The summed E-state index contributed by atoms with van der Waals surface area (Å²) in [5, 5.41) is 2.90. The summed E-state index contributed by atoms with van der Waals surface area (Å²) < 4.78 is 0. The molecule has 4 rings (SSSR count). The molecule has 0 radical (unpaired) electrons. The van der Waals surface area contributed by atoms with Crippen molar-refractivity contribution in [3.63, 3.8) is 0 Å². The Balaban J connectivity index is 1.34. The van der Waals surface area contributed by atoms with Crippen LogP contribution in [0.4, 0.5) is 4.79 Å². The van der Waals surface area contributed by atoms with Gasteiger partial charge in [-0.05, 0) is 36.8 Å². The summed E-state index contributed by atoms with van der Waals surface area (Å²) in [6.07, 6.45) is 4.95. The van der Waals surface area contributed by atoms with Crippen LogP contribution in [0.5, 0.6) is 0 Å². The largest absolute Gasteiger partial charge is 0.338 e. The van der Waals surface area contributed by atoms with Gasteiger partial charge in [-0.3, -0.25) is 14.5 Å². The van der Waals surface area contributed by atoms with E-state index in [1.165, 1.54) is 10.5 Å². The van der Waals surface area contributed by atoms with E-state index in [4.69, 9.17) is 0 Å². The molecule has 2 aliphatic rings. The van der Waals surface area contributed by atoms with Crippen LogP contribution in [0.1, 0.15) is 49.7 Å². The molecule has 0 unspecified atom stereocenters. The monoisotopic (exact) mass is 433 g/mol. The van der Waals surface area contributed by atoms with Crippen LogP contribution in [0.25, 0.3) is 0 Å². The number of hydrogen-bond acceptors (Lipinski definition) is 3. The van der Waals surface area contributed by atoms with Crippen LogP contribution in [0.15, 0.2) is 60.7 Å². The minimum absolute atomic E-state index is 0.0485. The molecule has 1 spiro atoms. The van der Waals surface area contributed by atoms with Crippen molar-refractivity contribution < 1.29 is 14.4 Å². The average molecular weight is 434 g/mol. The Kier molecular flexibility index (Phi) is 6.88. The number of amides is 4. The first-order chi connectivity index (χ1) is 15.6. The number of imide groups is 1. The second-order valence-electron chi connectivity index (χ2n) is 8.82. The Morgan fingerprint density at radius 3 is 2.22 bits per heavy atom. The maximum absolute atomic E-state index is 13.1. The van der Waals surface area contributed by atoms with Gasteiger partial charge in [0.2, 0.25) is 5.91 Å². The molecule has 2 aromatic rings. The summed E-state index contributed by atoms with van der Waals surface area (Å²) in [5.74, 6) is -0.0647. The summed E-state index contributed by atoms with van der Waals surface area (Å²) in [6.45, 7) is 1.47. The average Bonchev–Trinajstić information content (AvgIpc) is 3.38. The third kappa shape index (κ3) is 5.01. The van der Waals surface area contributed by atoms with Crippen molar-refractivity contribution in [1.82, 2.24) is 15.1 Å². The van der Waals surface area contributed by atoms with Crippen LogP contribution in [0, 0.1) is 0 Å². The Morgan fingerprint density at radius 2 is 1.56 bits per heavy atom. The van der Waals surface area contributed by atoms with Gasteiger partial charge in [0, 0.05) is 26.1 Å². The number of nitrogens with one attached hydrogen (secondary N) is 1. The number of nitrogens with zero attached hydrogens (tertiary/aromatic N) is 2. The van der Waals surface area contributed by atoms with E-state index in [0.717, 1.165) is 37.7 Å². The Morgan fingerprint density at radius 1 is 0.938 bits per heavy atom. The zero-order valence-corrected chi connectivity index (χ0v) is 18.5. The highest BCUT2D eigenvalue weighted by molar-refractivity contribution is 6.07.